The zero-order valence-corrected chi connectivity index (χ0v) is 14.7. The van der Waals surface area contributed by atoms with Gasteiger partial charge < -0.3 is 9.84 Å². The van der Waals surface area contributed by atoms with Crippen molar-refractivity contribution in [3.63, 3.8) is 0 Å². The Kier molecular flexibility index (Phi) is 5.84. The van der Waals surface area contributed by atoms with Crippen LogP contribution in [0, 0.1) is 0 Å². The third-order valence-electron chi connectivity index (χ3n) is 4.38. The summed E-state index contributed by atoms with van der Waals surface area (Å²) in [4.78, 5) is 2.38. The molecule has 1 heterocycles. The van der Waals surface area contributed by atoms with Gasteiger partial charge in [0, 0.05) is 30.0 Å². The second-order valence-corrected chi connectivity index (χ2v) is 6.84. The fourth-order valence-corrected chi connectivity index (χ4v) is 3.31. The topological polar surface area (TPSA) is 32.7 Å². The molecule has 3 nitrogen and oxygen atoms in total. The third-order valence-corrected chi connectivity index (χ3v) is 4.91. The van der Waals surface area contributed by atoms with Gasteiger partial charge in [-0.1, -0.05) is 58.4 Å². The third kappa shape index (κ3) is 4.42. The number of rotatable bonds is 5. The molecular weight excluding hydrogens is 354 g/mol. The van der Waals surface area contributed by atoms with Crippen molar-refractivity contribution >= 4 is 15.9 Å². The Morgan fingerprint density at radius 1 is 0.957 bits per heavy atom. The fraction of sp³-hybridized carbons (Fsp3) is 0.368. The van der Waals surface area contributed by atoms with Gasteiger partial charge in [0.15, 0.2) is 0 Å². The zero-order chi connectivity index (χ0) is 16.1. The van der Waals surface area contributed by atoms with E-state index in [-0.39, 0.29) is 5.92 Å². The van der Waals surface area contributed by atoms with Crippen molar-refractivity contribution in [1.29, 1.82) is 0 Å². The SMILES string of the molecule is O[C@@H](c1ccc(Br)cc1)[C@H](CN1CCOCC1)c1ccccc1. The molecule has 1 fully saturated rings. The molecule has 0 unspecified atom stereocenters. The Bertz CT molecular complexity index is 597. The molecule has 1 N–H and O–H groups in total. The molecule has 1 aliphatic rings. The molecule has 1 aliphatic heterocycles. The number of halogens is 1. The van der Waals surface area contributed by atoms with Crippen molar-refractivity contribution in [2.75, 3.05) is 32.8 Å². The maximum Gasteiger partial charge on any atom is 0.0870 e. The van der Waals surface area contributed by atoms with Crippen LogP contribution in [0.15, 0.2) is 59.1 Å². The predicted octanol–water partition coefficient (Wildman–Crippen LogP) is 3.60. The van der Waals surface area contributed by atoms with Gasteiger partial charge in [-0.25, -0.2) is 0 Å². The first-order chi connectivity index (χ1) is 11.2. The summed E-state index contributed by atoms with van der Waals surface area (Å²) >= 11 is 3.45. The van der Waals surface area contributed by atoms with Crippen LogP contribution >= 0.6 is 15.9 Å². The number of morpholine rings is 1. The first-order valence-corrected chi connectivity index (χ1v) is 8.82. The molecule has 0 amide bonds. The van der Waals surface area contributed by atoms with Crippen molar-refractivity contribution in [2.45, 2.75) is 12.0 Å². The summed E-state index contributed by atoms with van der Waals surface area (Å²) in [7, 11) is 0. The molecular formula is C19H22BrNO2. The first-order valence-electron chi connectivity index (χ1n) is 8.02. The highest BCUT2D eigenvalue weighted by molar-refractivity contribution is 9.10. The molecule has 23 heavy (non-hydrogen) atoms. The molecule has 4 heteroatoms. The lowest BCUT2D eigenvalue weighted by Gasteiger charge is -2.33. The number of benzene rings is 2. The van der Waals surface area contributed by atoms with E-state index in [9.17, 15) is 5.11 Å². The van der Waals surface area contributed by atoms with Crippen LogP contribution in [0.1, 0.15) is 23.1 Å². The van der Waals surface area contributed by atoms with E-state index in [4.69, 9.17) is 4.74 Å². The van der Waals surface area contributed by atoms with Crippen LogP contribution in [0.2, 0.25) is 0 Å². The predicted molar refractivity (Wildman–Crippen MR) is 95.5 cm³/mol. The highest BCUT2D eigenvalue weighted by Crippen LogP contribution is 2.32. The Labute approximate surface area is 146 Å². The lowest BCUT2D eigenvalue weighted by atomic mass is 9.88. The van der Waals surface area contributed by atoms with Crippen molar-refractivity contribution in [3.05, 3.63) is 70.2 Å². The summed E-state index contributed by atoms with van der Waals surface area (Å²) in [6, 6.07) is 18.2. The van der Waals surface area contributed by atoms with Gasteiger partial charge >= 0.3 is 0 Å². The Hall–Kier alpha value is -1.20. The number of hydrogen-bond acceptors (Lipinski definition) is 3. The van der Waals surface area contributed by atoms with E-state index in [1.54, 1.807) is 0 Å². The van der Waals surface area contributed by atoms with Crippen LogP contribution in [0.4, 0.5) is 0 Å². The Morgan fingerprint density at radius 2 is 1.61 bits per heavy atom. The summed E-state index contributed by atoms with van der Waals surface area (Å²) < 4.78 is 6.46. The van der Waals surface area contributed by atoms with Gasteiger partial charge in [0.1, 0.15) is 0 Å². The van der Waals surface area contributed by atoms with Gasteiger partial charge in [-0.05, 0) is 23.3 Å². The number of aliphatic hydroxyl groups is 1. The summed E-state index contributed by atoms with van der Waals surface area (Å²) in [5.41, 5.74) is 2.13. The van der Waals surface area contributed by atoms with Gasteiger partial charge in [-0.2, -0.15) is 0 Å². The second kappa shape index (κ2) is 8.06. The van der Waals surface area contributed by atoms with E-state index in [2.05, 4.69) is 33.0 Å². The van der Waals surface area contributed by atoms with Crippen LogP contribution < -0.4 is 0 Å². The first kappa shape index (κ1) is 16.7. The second-order valence-electron chi connectivity index (χ2n) is 5.93. The fourth-order valence-electron chi connectivity index (χ4n) is 3.04. The minimum atomic E-state index is -0.520. The van der Waals surface area contributed by atoms with Gasteiger partial charge in [0.2, 0.25) is 0 Å². The molecule has 0 saturated carbocycles. The molecule has 2 aromatic rings. The lowest BCUT2D eigenvalue weighted by molar-refractivity contribution is 0.0240. The minimum absolute atomic E-state index is 0.0514. The normalized spacial score (nSPS) is 18.5. The molecule has 122 valence electrons. The lowest BCUT2D eigenvalue weighted by Crippen LogP contribution is -2.39. The molecule has 2 atom stereocenters. The van der Waals surface area contributed by atoms with Crippen LogP contribution in [-0.2, 0) is 4.74 Å². The Morgan fingerprint density at radius 3 is 2.26 bits per heavy atom. The monoisotopic (exact) mass is 375 g/mol. The number of aliphatic hydroxyl groups excluding tert-OH is 1. The van der Waals surface area contributed by atoms with E-state index in [1.165, 1.54) is 5.56 Å². The van der Waals surface area contributed by atoms with E-state index in [0.717, 1.165) is 42.9 Å². The van der Waals surface area contributed by atoms with E-state index in [0.29, 0.717) is 0 Å². The van der Waals surface area contributed by atoms with E-state index in [1.807, 2.05) is 42.5 Å². The molecule has 0 bridgehead atoms. The van der Waals surface area contributed by atoms with E-state index < -0.39 is 6.10 Å². The van der Waals surface area contributed by atoms with Crippen LogP contribution in [0.25, 0.3) is 0 Å². The maximum absolute atomic E-state index is 11.0. The zero-order valence-electron chi connectivity index (χ0n) is 13.1. The van der Waals surface area contributed by atoms with Gasteiger partial charge in [-0.3, -0.25) is 4.90 Å². The standard InChI is InChI=1S/C19H22BrNO2/c20-17-8-6-16(7-9-17)19(22)18(15-4-2-1-3-5-15)14-21-10-12-23-13-11-21/h1-9,18-19,22H,10-14H2/t18-,19+/m1/s1. The molecule has 0 spiro atoms. The van der Waals surface area contributed by atoms with Gasteiger partial charge in [-0.15, -0.1) is 0 Å². The van der Waals surface area contributed by atoms with Gasteiger partial charge in [0.05, 0.1) is 19.3 Å². The molecule has 2 aromatic carbocycles. The maximum atomic E-state index is 11.0. The number of hydrogen-bond donors (Lipinski definition) is 1. The molecule has 3 rings (SSSR count). The average Bonchev–Trinajstić information content (AvgIpc) is 2.61. The van der Waals surface area contributed by atoms with Crippen molar-refractivity contribution in [3.8, 4) is 0 Å². The molecule has 0 aromatic heterocycles. The molecule has 0 radical (unpaired) electrons. The Balaban J connectivity index is 1.83. The van der Waals surface area contributed by atoms with E-state index >= 15 is 0 Å². The number of nitrogens with zero attached hydrogens (tertiary/aromatic N) is 1. The summed E-state index contributed by atoms with van der Waals surface area (Å²) in [6.45, 7) is 4.24. The van der Waals surface area contributed by atoms with Crippen molar-refractivity contribution < 1.29 is 9.84 Å². The minimum Gasteiger partial charge on any atom is -0.388 e. The van der Waals surface area contributed by atoms with Crippen LogP contribution in [0.3, 0.4) is 0 Å². The smallest absolute Gasteiger partial charge is 0.0870 e. The summed E-state index contributed by atoms with van der Waals surface area (Å²) in [5, 5.41) is 11.0. The number of ether oxygens (including phenoxy) is 1. The van der Waals surface area contributed by atoms with Crippen LogP contribution in [-0.4, -0.2) is 42.9 Å². The van der Waals surface area contributed by atoms with Crippen LogP contribution in [0.5, 0.6) is 0 Å². The largest absolute Gasteiger partial charge is 0.388 e. The highest BCUT2D eigenvalue weighted by Gasteiger charge is 2.26. The molecule has 1 saturated heterocycles. The van der Waals surface area contributed by atoms with Crippen molar-refractivity contribution in [2.24, 2.45) is 0 Å². The quantitative estimate of drug-likeness (QED) is 0.866. The summed E-state index contributed by atoms with van der Waals surface area (Å²) in [6.07, 6.45) is -0.520. The van der Waals surface area contributed by atoms with Gasteiger partial charge in [0.25, 0.3) is 0 Å². The average molecular weight is 376 g/mol. The summed E-state index contributed by atoms with van der Waals surface area (Å²) in [5.74, 6) is 0.0514. The highest BCUT2D eigenvalue weighted by atomic mass is 79.9. The molecule has 0 aliphatic carbocycles. The van der Waals surface area contributed by atoms with Crippen molar-refractivity contribution in [1.82, 2.24) is 4.90 Å².